The van der Waals surface area contributed by atoms with Crippen LogP contribution in [0.4, 0.5) is 0 Å². The molecule has 5 rings (SSSR count). The standard InChI is InChI=1S/C27H22ClN3O2/c1-17-6-3-4-9-21(17)22-14-26(32)30-24-11-10-19(13-23(22)24)27(33,25-15-29-16-31(25)2)18-7-5-8-20(28)12-18/h3-16,33H,1-2H3,(H,30,32). The van der Waals surface area contributed by atoms with Gasteiger partial charge in [-0.1, -0.05) is 54.1 Å². The van der Waals surface area contributed by atoms with E-state index in [1.165, 1.54) is 0 Å². The van der Waals surface area contributed by atoms with Crippen LogP contribution in [0.3, 0.4) is 0 Å². The molecule has 0 radical (unpaired) electrons. The molecule has 3 aromatic carbocycles. The molecule has 0 saturated heterocycles. The first-order chi connectivity index (χ1) is 15.9. The van der Waals surface area contributed by atoms with Crippen molar-refractivity contribution in [2.24, 2.45) is 7.05 Å². The van der Waals surface area contributed by atoms with Crippen molar-refractivity contribution in [2.75, 3.05) is 0 Å². The molecule has 2 aromatic heterocycles. The molecule has 5 aromatic rings. The van der Waals surface area contributed by atoms with Crippen molar-refractivity contribution in [3.05, 3.63) is 123 Å². The van der Waals surface area contributed by atoms with Crippen molar-refractivity contribution in [3.63, 3.8) is 0 Å². The van der Waals surface area contributed by atoms with Gasteiger partial charge < -0.3 is 14.7 Å². The Morgan fingerprint density at radius 1 is 0.970 bits per heavy atom. The maximum Gasteiger partial charge on any atom is 0.249 e. The number of halogens is 1. The molecule has 0 aliphatic carbocycles. The molecular formula is C27H22ClN3O2. The lowest BCUT2D eigenvalue weighted by atomic mass is 9.82. The summed E-state index contributed by atoms with van der Waals surface area (Å²) in [7, 11) is 1.84. The van der Waals surface area contributed by atoms with Crippen LogP contribution in [0.2, 0.25) is 5.02 Å². The van der Waals surface area contributed by atoms with Gasteiger partial charge in [-0.25, -0.2) is 4.98 Å². The van der Waals surface area contributed by atoms with Crippen molar-refractivity contribution < 1.29 is 5.11 Å². The third kappa shape index (κ3) is 3.55. The summed E-state index contributed by atoms with van der Waals surface area (Å²) in [5, 5.41) is 13.6. The van der Waals surface area contributed by atoms with E-state index in [4.69, 9.17) is 11.6 Å². The molecule has 0 aliphatic rings. The second kappa shape index (κ2) is 8.03. The molecule has 1 atom stereocenters. The summed E-state index contributed by atoms with van der Waals surface area (Å²) in [6.07, 6.45) is 3.31. The van der Waals surface area contributed by atoms with Crippen LogP contribution >= 0.6 is 11.6 Å². The molecule has 2 N–H and O–H groups in total. The van der Waals surface area contributed by atoms with E-state index in [2.05, 4.69) is 9.97 Å². The predicted molar refractivity (Wildman–Crippen MR) is 132 cm³/mol. The van der Waals surface area contributed by atoms with Gasteiger partial charge in [0.05, 0.1) is 18.2 Å². The topological polar surface area (TPSA) is 70.9 Å². The number of benzene rings is 3. The Balaban J connectivity index is 1.83. The molecule has 1 unspecified atom stereocenters. The zero-order valence-corrected chi connectivity index (χ0v) is 19.0. The molecule has 0 aliphatic heterocycles. The Bertz CT molecular complexity index is 1550. The molecule has 33 heavy (non-hydrogen) atoms. The van der Waals surface area contributed by atoms with Crippen LogP contribution in [0.25, 0.3) is 22.0 Å². The van der Waals surface area contributed by atoms with Gasteiger partial charge in [0.25, 0.3) is 0 Å². The maximum atomic E-state index is 12.4. The van der Waals surface area contributed by atoms with E-state index in [-0.39, 0.29) is 5.56 Å². The van der Waals surface area contributed by atoms with Gasteiger partial charge >= 0.3 is 0 Å². The molecule has 0 spiro atoms. The van der Waals surface area contributed by atoms with Crippen LogP contribution in [0.1, 0.15) is 22.4 Å². The second-order valence-corrected chi connectivity index (χ2v) is 8.67. The minimum atomic E-state index is -1.51. The summed E-state index contributed by atoms with van der Waals surface area (Å²) in [4.78, 5) is 19.6. The SMILES string of the molecule is Cc1ccccc1-c1cc(=O)[nH]c2ccc(C(O)(c3cccc(Cl)c3)c3cncn3C)cc12. The van der Waals surface area contributed by atoms with Crippen LogP contribution in [0, 0.1) is 6.92 Å². The third-order valence-electron chi connectivity index (χ3n) is 6.13. The number of aromatic nitrogens is 3. The first-order valence-corrected chi connectivity index (χ1v) is 10.9. The maximum absolute atomic E-state index is 12.4. The van der Waals surface area contributed by atoms with Crippen LogP contribution in [0.5, 0.6) is 0 Å². The second-order valence-electron chi connectivity index (χ2n) is 8.23. The minimum absolute atomic E-state index is 0.176. The van der Waals surface area contributed by atoms with E-state index in [0.717, 1.165) is 22.1 Å². The highest BCUT2D eigenvalue weighted by molar-refractivity contribution is 6.30. The third-order valence-corrected chi connectivity index (χ3v) is 6.36. The Kier molecular flexibility index (Phi) is 5.16. The molecule has 0 fully saturated rings. The van der Waals surface area contributed by atoms with Crippen molar-refractivity contribution >= 4 is 22.5 Å². The molecule has 2 heterocycles. The van der Waals surface area contributed by atoms with E-state index in [9.17, 15) is 9.90 Å². The van der Waals surface area contributed by atoms with Crippen LogP contribution in [-0.2, 0) is 12.6 Å². The number of aliphatic hydroxyl groups is 1. The van der Waals surface area contributed by atoms with Crippen molar-refractivity contribution in [2.45, 2.75) is 12.5 Å². The quantitative estimate of drug-likeness (QED) is 0.392. The number of aryl methyl sites for hydroxylation is 2. The van der Waals surface area contributed by atoms with Crippen LogP contribution in [-0.4, -0.2) is 19.6 Å². The Labute approximate surface area is 195 Å². The summed E-state index contributed by atoms with van der Waals surface area (Å²) in [5.74, 6) is 0. The molecule has 0 bridgehead atoms. The van der Waals surface area contributed by atoms with Crippen molar-refractivity contribution in [1.29, 1.82) is 0 Å². The lowest BCUT2D eigenvalue weighted by Gasteiger charge is -2.30. The monoisotopic (exact) mass is 455 g/mol. The first-order valence-electron chi connectivity index (χ1n) is 10.6. The summed E-state index contributed by atoms with van der Waals surface area (Å²) in [6.45, 7) is 2.02. The average Bonchev–Trinajstić information content (AvgIpc) is 3.24. The van der Waals surface area contributed by atoms with Crippen LogP contribution < -0.4 is 5.56 Å². The van der Waals surface area contributed by atoms with E-state index in [1.807, 2.05) is 68.6 Å². The lowest BCUT2D eigenvalue weighted by Crippen LogP contribution is -2.31. The number of pyridine rings is 1. The smallest absolute Gasteiger partial charge is 0.249 e. The number of hydrogen-bond acceptors (Lipinski definition) is 3. The van der Waals surface area contributed by atoms with Gasteiger partial charge in [-0.05, 0) is 59.0 Å². The first kappa shape index (κ1) is 21.2. The van der Waals surface area contributed by atoms with Gasteiger partial charge in [0, 0.05) is 29.0 Å². The number of imidazole rings is 1. The highest BCUT2D eigenvalue weighted by Gasteiger charge is 2.37. The van der Waals surface area contributed by atoms with Gasteiger partial charge in [0.2, 0.25) is 5.56 Å². The number of fused-ring (bicyclic) bond motifs is 1. The summed E-state index contributed by atoms with van der Waals surface area (Å²) in [5.41, 5.74) is 3.72. The van der Waals surface area contributed by atoms with Crippen LogP contribution in [0.15, 0.2) is 90.1 Å². The fraction of sp³-hybridized carbons (Fsp3) is 0.111. The zero-order valence-electron chi connectivity index (χ0n) is 18.2. The summed E-state index contributed by atoms with van der Waals surface area (Å²) in [6, 6.07) is 22.3. The molecular weight excluding hydrogens is 434 g/mol. The van der Waals surface area contributed by atoms with Gasteiger partial charge in [-0.3, -0.25) is 4.79 Å². The number of nitrogens with zero attached hydrogens (tertiary/aromatic N) is 2. The fourth-order valence-electron chi connectivity index (χ4n) is 4.46. The highest BCUT2D eigenvalue weighted by Crippen LogP contribution is 2.39. The van der Waals surface area contributed by atoms with Crippen molar-refractivity contribution in [1.82, 2.24) is 14.5 Å². The van der Waals surface area contributed by atoms with Gasteiger partial charge in [0.1, 0.15) is 0 Å². The largest absolute Gasteiger partial charge is 0.374 e. The molecule has 5 nitrogen and oxygen atoms in total. The minimum Gasteiger partial charge on any atom is -0.374 e. The number of rotatable bonds is 4. The van der Waals surface area contributed by atoms with E-state index >= 15 is 0 Å². The molecule has 164 valence electrons. The van der Waals surface area contributed by atoms with Crippen molar-refractivity contribution in [3.8, 4) is 11.1 Å². The predicted octanol–water partition coefficient (Wildman–Crippen LogP) is 5.17. The Hall–Kier alpha value is -3.67. The molecule has 6 heteroatoms. The molecule has 0 saturated carbocycles. The van der Waals surface area contributed by atoms with E-state index < -0.39 is 5.60 Å². The summed E-state index contributed by atoms with van der Waals surface area (Å²) < 4.78 is 1.79. The molecule has 0 amide bonds. The number of aromatic amines is 1. The average molecular weight is 456 g/mol. The number of hydrogen-bond donors (Lipinski definition) is 2. The number of nitrogens with one attached hydrogen (secondary N) is 1. The lowest BCUT2D eigenvalue weighted by molar-refractivity contribution is 0.117. The Morgan fingerprint density at radius 2 is 1.76 bits per heavy atom. The van der Waals surface area contributed by atoms with Gasteiger partial charge in [-0.15, -0.1) is 0 Å². The normalized spacial score (nSPS) is 13.2. The summed E-state index contributed by atoms with van der Waals surface area (Å²) >= 11 is 6.30. The van der Waals surface area contributed by atoms with E-state index in [0.29, 0.717) is 27.4 Å². The van der Waals surface area contributed by atoms with E-state index in [1.54, 1.807) is 35.3 Å². The van der Waals surface area contributed by atoms with Gasteiger partial charge in [0.15, 0.2) is 5.60 Å². The fourth-order valence-corrected chi connectivity index (χ4v) is 4.65. The van der Waals surface area contributed by atoms with Gasteiger partial charge in [-0.2, -0.15) is 0 Å². The Morgan fingerprint density at radius 3 is 2.48 bits per heavy atom. The number of H-pyrrole nitrogens is 1. The highest BCUT2D eigenvalue weighted by atomic mass is 35.5. The zero-order chi connectivity index (χ0) is 23.2.